The van der Waals surface area contributed by atoms with E-state index in [0.29, 0.717) is 44.7 Å². The summed E-state index contributed by atoms with van der Waals surface area (Å²) >= 11 is 0. The Hall–Kier alpha value is -3.29. The Bertz CT molecular complexity index is 1480. The summed E-state index contributed by atoms with van der Waals surface area (Å²) in [6, 6.07) is 10.1. The van der Waals surface area contributed by atoms with Crippen molar-refractivity contribution in [1.29, 1.82) is 0 Å². The second-order valence-corrected chi connectivity index (χ2v) is 15.2. The van der Waals surface area contributed by atoms with E-state index in [-0.39, 0.29) is 27.6 Å². The molecule has 2 heterocycles. The quantitative estimate of drug-likeness (QED) is 0.255. The van der Waals surface area contributed by atoms with Crippen molar-refractivity contribution in [1.82, 2.24) is 15.1 Å². The maximum absolute atomic E-state index is 14.4. The average molecular weight is 587 g/mol. The number of aromatic nitrogens is 3. The number of alkyl halides is 1. The molecule has 9 rings (SSSR count). The fourth-order valence-corrected chi connectivity index (χ4v) is 8.35. The van der Waals surface area contributed by atoms with E-state index in [1.807, 2.05) is 48.5 Å². The zero-order valence-electron chi connectivity index (χ0n) is 25.9. The number of benzene rings is 1. The molecule has 3 aromatic rings. The number of hydrogen-bond donors (Lipinski definition) is 0. The van der Waals surface area contributed by atoms with Crippen molar-refractivity contribution in [2.75, 3.05) is 18.1 Å². The van der Waals surface area contributed by atoms with Gasteiger partial charge in [0.15, 0.2) is 5.82 Å². The van der Waals surface area contributed by atoms with Gasteiger partial charge in [0.05, 0.1) is 18.5 Å². The number of halogens is 1. The Morgan fingerprint density at radius 1 is 0.977 bits per heavy atom. The lowest BCUT2D eigenvalue weighted by molar-refractivity contribution is -0.215. The van der Waals surface area contributed by atoms with E-state index in [1.165, 1.54) is 0 Å². The maximum Gasteiger partial charge on any atom is 0.232 e. The minimum atomic E-state index is -1.02. The highest BCUT2D eigenvalue weighted by atomic mass is 19.1. The van der Waals surface area contributed by atoms with Gasteiger partial charge in [0.1, 0.15) is 11.4 Å². The number of ether oxygens (including phenoxy) is 1. The van der Waals surface area contributed by atoms with Gasteiger partial charge in [-0.1, -0.05) is 38.1 Å². The second kappa shape index (κ2) is 9.86. The molecule has 0 aliphatic heterocycles. The zero-order chi connectivity index (χ0) is 30.1. The summed E-state index contributed by atoms with van der Waals surface area (Å²) in [5.41, 5.74) is 1.45. The Labute approximate surface area is 253 Å². The molecular formula is C35H43FN4O3. The normalized spacial score (nSPS) is 30.8. The first-order valence-corrected chi connectivity index (χ1v) is 16.0. The highest BCUT2D eigenvalue weighted by Crippen LogP contribution is 2.71. The van der Waals surface area contributed by atoms with Gasteiger partial charge in [-0.05, 0) is 99.3 Å². The lowest BCUT2D eigenvalue weighted by atomic mass is 9.41. The molecule has 228 valence electrons. The molecular weight excluding hydrogens is 543 g/mol. The molecule has 1 amide bonds. The van der Waals surface area contributed by atoms with E-state index < -0.39 is 5.67 Å². The first-order chi connectivity index (χ1) is 20.4. The van der Waals surface area contributed by atoms with Crippen molar-refractivity contribution < 1.29 is 18.4 Å². The number of nitrogens with zero attached hydrogens (tertiary/aromatic N) is 4. The van der Waals surface area contributed by atoms with Gasteiger partial charge in [0, 0.05) is 35.6 Å². The van der Waals surface area contributed by atoms with Crippen LogP contribution in [0.5, 0.6) is 5.75 Å². The van der Waals surface area contributed by atoms with Gasteiger partial charge >= 0.3 is 0 Å². The van der Waals surface area contributed by atoms with Crippen LogP contribution in [0.25, 0.3) is 11.1 Å². The van der Waals surface area contributed by atoms with Crippen molar-refractivity contribution in [3.05, 3.63) is 54.4 Å². The lowest BCUT2D eigenvalue weighted by Gasteiger charge is -2.66. The number of anilines is 1. The van der Waals surface area contributed by atoms with Gasteiger partial charge in [0.2, 0.25) is 11.8 Å². The topological polar surface area (TPSA) is 81.3 Å². The highest BCUT2D eigenvalue weighted by molar-refractivity contribution is 5.94. The van der Waals surface area contributed by atoms with Crippen LogP contribution in [0.15, 0.2) is 47.2 Å². The van der Waals surface area contributed by atoms with Crippen LogP contribution < -0.4 is 9.64 Å². The fourth-order valence-electron chi connectivity index (χ4n) is 8.35. The predicted octanol–water partition coefficient (Wildman–Crippen LogP) is 7.74. The van der Waals surface area contributed by atoms with Gasteiger partial charge < -0.3 is 14.2 Å². The first-order valence-electron chi connectivity index (χ1n) is 16.0. The number of fused-ring (bicyclic) bond motifs is 3. The molecule has 6 aliphatic rings. The van der Waals surface area contributed by atoms with Crippen LogP contribution in [0, 0.1) is 10.8 Å². The molecule has 43 heavy (non-hydrogen) atoms. The third-order valence-corrected chi connectivity index (χ3v) is 10.9. The van der Waals surface area contributed by atoms with Crippen molar-refractivity contribution >= 4 is 11.6 Å². The summed E-state index contributed by atoms with van der Waals surface area (Å²) in [5, 5.41) is 4.46. The van der Waals surface area contributed by atoms with Gasteiger partial charge in [0.25, 0.3) is 0 Å². The molecule has 0 radical (unpaired) electrons. The van der Waals surface area contributed by atoms with Crippen LogP contribution in [0.4, 0.5) is 10.1 Å². The largest absolute Gasteiger partial charge is 0.494 e. The number of carbonyl (C=O) groups is 1. The van der Waals surface area contributed by atoms with Crippen molar-refractivity contribution in [3.63, 3.8) is 0 Å². The molecule has 7 nitrogen and oxygen atoms in total. The van der Waals surface area contributed by atoms with E-state index in [4.69, 9.17) is 14.2 Å². The van der Waals surface area contributed by atoms with Crippen LogP contribution in [-0.2, 0) is 15.6 Å². The van der Waals surface area contributed by atoms with Gasteiger partial charge in [-0.25, -0.2) is 4.39 Å². The van der Waals surface area contributed by atoms with E-state index in [9.17, 15) is 9.18 Å². The Balaban J connectivity index is 1.13. The molecule has 6 aliphatic carbocycles. The highest BCUT2D eigenvalue weighted by Gasteiger charge is 2.69. The Morgan fingerprint density at radius 2 is 1.65 bits per heavy atom. The number of rotatable bonds is 9. The summed E-state index contributed by atoms with van der Waals surface area (Å²) in [4.78, 5) is 25.5. The Morgan fingerprint density at radius 3 is 2.23 bits per heavy atom. The number of carbonyl (C=O) groups excluding carboxylic acids is 1. The Kier molecular flexibility index (Phi) is 6.53. The summed E-state index contributed by atoms with van der Waals surface area (Å²) < 4.78 is 25.7. The van der Waals surface area contributed by atoms with Gasteiger partial charge in [-0.15, -0.1) is 0 Å². The van der Waals surface area contributed by atoms with Crippen LogP contribution in [-0.4, -0.2) is 39.9 Å². The zero-order valence-corrected chi connectivity index (χ0v) is 25.9. The number of pyridine rings is 1. The molecule has 6 fully saturated rings. The molecule has 4 bridgehead atoms. The summed E-state index contributed by atoms with van der Waals surface area (Å²) in [6.45, 7) is 9.54. The molecule has 1 aromatic carbocycles. The standard InChI is InChI=1S/C35H43FN4O3/c1-5-42-27-8-6-24(7-9-27)25-16-26(19-37-18-25)40(28(41)17-33-20-35(36,21-33)22-33)23-32-10-13-34(14-11-32,15-12-32)29-38-30(43-39-29)31(2,3)4/h6-9,16,18-19H,5,10-15,17,20-23H2,1-4H3. The van der Waals surface area contributed by atoms with Crippen LogP contribution in [0.3, 0.4) is 0 Å². The van der Waals surface area contributed by atoms with E-state index in [2.05, 4.69) is 37.0 Å². The molecule has 0 unspecified atom stereocenters. The van der Waals surface area contributed by atoms with Crippen LogP contribution in [0.1, 0.15) is 104 Å². The third-order valence-electron chi connectivity index (χ3n) is 10.9. The van der Waals surface area contributed by atoms with Crippen molar-refractivity contribution in [2.24, 2.45) is 10.8 Å². The van der Waals surface area contributed by atoms with Crippen molar-refractivity contribution in [2.45, 2.75) is 108 Å². The molecule has 6 saturated carbocycles. The molecule has 0 atom stereocenters. The number of amides is 1. The molecule has 0 N–H and O–H groups in total. The monoisotopic (exact) mass is 586 g/mol. The summed E-state index contributed by atoms with van der Waals surface area (Å²) in [6.07, 6.45) is 11.7. The second-order valence-electron chi connectivity index (χ2n) is 15.2. The first kappa shape index (κ1) is 28.5. The summed E-state index contributed by atoms with van der Waals surface area (Å²) in [5.74, 6) is 2.48. The van der Waals surface area contributed by atoms with Gasteiger partial charge in [-0.3, -0.25) is 9.78 Å². The molecule has 0 spiro atoms. The predicted molar refractivity (Wildman–Crippen MR) is 163 cm³/mol. The maximum atomic E-state index is 14.4. The fraction of sp³-hybridized carbons (Fsp3) is 0.600. The van der Waals surface area contributed by atoms with Crippen LogP contribution in [0.2, 0.25) is 0 Å². The van der Waals surface area contributed by atoms with Gasteiger partial charge in [-0.2, -0.15) is 4.98 Å². The average Bonchev–Trinajstić information content (AvgIpc) is 3.49. The minimum absolute atomic E-state index is 0.0316. The summed E-state index contributed by atoms with van der Waals surface area (Å²) in [7, 11) is 0. The molecule has 8 heteroatoms. The third kappa shape index (κ3) is 5.04. The van der Waals surface area contributed by atoms with E-state index >= 15 is 0 Å². The SMILES string of the molecule is CCOc1ccc(-c2cncc(N(CC34CCC(c5noc(C(C)(C)C)n5)(CC3)CC4)C(=O)CC34CC(F)(C3)C4)c2)cc1. The molecule has 0 saturated heterocycles. The smallest absolute Gasteiger partial charge is 0.232 e. The lowest BCUT2D eigenvalue weighted by Crippen LogP contribution is -2.65. The van der Waals surface area contributed by atoms with Crippen molar-refractivity contribution in [3.8, 4) is 16.9 Å². The number of hydrogen-bond acceptors (Lipinski definition) is 6. The van der Waals surface area contributed by atoms with E-state index in [1.54, 1.807) is 0 Å². The van der Waals surface area contributed by atoms with E-state index in [0.717, 1.165) is 66.9 Å². The minimum Gasteiger partial charge on any atom is -0.494 e. The molecule has 2 aromatic heterocycles. The van der Waals surface area contributed by atoms with Crippen LogP contribution >= 0.6 is 0 Å².